The number of rotatable bonds is 9. The van der Waals surface area contributed by atoms with E-state index in [1.165, 1.54) is 11.8 Å². The fraction of sp³-hybridized carbons (Fsp3) is 0.667. The second-order valence-electron chi connectivity index (χ2n) is 3.55. The summed E-state index contributed by atoms with van der Waals surface area (Å²) in [5.41, 5.74) is 0. The molecule has 0 saturated carbocycles. The van der Waals surface area contributed by atoms with Crippen molar-refractivity contribution >= 4 is 17.6 Å². The van der Waals surface area contributed by atoms with E-state index in [-0.39, 0.29) is 0 Å². The number of hydrogen-bond donors (Lipinski definition) is 1. The van der Waals surface area contributed by atoms with Gasteiger partial charge in [0.25, 0.3) is 0 Å². The van der Waals surface area contributed by atoms with Crippen LogP contribution in [0.3, 0.4) is 0 Å². The Morgan fingerprint density at radius 1 is 1.28 bits per heavy atom. The summed E-state index contributed by atoms with van der Waals surface area (Å²) in [7, 11) is 0. The lowest BCUT2D eigenvalue weighted by Gasteiger charge is -2.09. The van der Waals surface area contributed by atoms with Gasteiger partial charge in [0.2, 0.25) is 5.88 Å². The van der Waals surface area contributed by atoms with Gasteiger partial charge in [-0.25, -0.2) is 4.98 Å². The first-order chi connectivity index (χ1) is 8.80. The number of thioether (sulfide) groups is 1. The SMILES string of the molecule is CCCNc1cc(OCCOCC)nc(SC)n1. The first kappa shape index (κ1) is 15.0. The Morgan fingerprint density at radius 3 is 2.78 bits per heavy atom. The van der Waals surface area contributed by atoms with Crippen LogP contribution in [0.1, 0.15) is 20.3 Å². The van der Waals surface area contributed by atoms with E-state index in [0.717, 1.165) is 18.8 Å². The Bertz CT molecular complexity index is 350. The summed E-state index contributed by atoms with van der Waals surface area (Å²) in [5.74, 6) is 1.40. The van der Waals surface area contributed by atoms with Crippen molar-refractivity contribution in [3.63, 3.8) is 0 Å². The van der Waals surface area contributed by atoms with Crippen molar-refractivity contribution < 1.29 is 9.47 Å². The normalized spacial score (nSPS) is 10.4. The summed E-state index contributed by atoms with van der Waals surface area (Å²) in [6.07, 6.45) is 3.00. The van der Waals surface area contributed by atoms with E-state index >= 15 is 0 Å². The molecule has 0 radical (unpaired) electrons. The van der Waals surface area contributed by atoms with Crippen LogP contribution in [0.25, 0.3) is 0 Å². The molecule has 0 spiro atoms. The van der Waals surface area contributed by atoms with Gasteiger partial charge in [0.1, 0.15) is 12.4 Å². The van der Waals surface area contributed by atoms with Crippen LogP contribution in [0.4, 0.5) is 5.82 Å². The van der Waals surface area contributed by atoms with Crippen LogP contribution in [0.5, 0.6) is 5.88 Å². The van der Waals surface area contributed by atoms with Gasteiger partial charge in [0.05, 0.1) is 6.61 Å². The molecule has 1 N–H and O–H groups in total. The van der Waals surface area contributed by atoms with Crippen LogP contribution in [0.15, 0.2) is 11.2 Å². The summed E-state index contributed by atoms with van der Waals surface area (Å²) in [6.45, 7) is 6.75. The third-order valence-electron chi connectivity index (χ3n) is 2.10. The average Bonchev–Trinajstić information content (AvgIpc) is 2.41. The van der Waals surface area contributed by atoms with Gasteiger partial charge >= 0.3 is 0 Å². The largest absolute Gasteiger partial charge is 0.475 e. The summed E-state index contributed by atoms with van der Waals surface area (Å²) < 4.78 is 10.8. The molecule has 0 saturated heterocycles. The number of nitrogens with zero attached hydrogens (tertiary/aromatic N) is 2. The van der Waals surface area contributed by atoms with Gasteiger partial charge in [0, 0.05) is 19.2 Å². The highest BCUT2D eigenvalue weighted by Gasteiger charge is 2.04. The maximum absolute atomic E-state index is 5.54. The van der Waals surface area contributed by atoms with E-state index in [2.05, 4.69) is 22.2 Å². The molecular weight excluding hydrogens is 250 g/mol. The van der Waals surface area contributed by atoms with Gasteiger partial charge in [-0.15, -0.1) is 0 Å². The Labute approximate surface area is 113 Å². The summed E-state index contributed by atoms with van der Waals surface area (Å²) >= 11 is 1.50. The topological polar surface area (TPSA) is 56.3 Å². The lowest BCUT2D eigenvalue weighted by molar-refractivity contribution is 0.108. The second-order valence-corrected chi connectivity index (χ2v) is 4.32. The smallest absolute Gasteiger partial charge is 0.219 e. The highest BCUT2D eigenvalue weighted by Crippen LogP contribution is 2.18. The van der Waals surface area contributed by atoms with E-state index in [1.54, 1.807) is 0 Å². The van der Waals surface area contributed by atoms with Crippen LogP contribution in [-0.4, -0.2) is 42.6 Å². The van der Waals surface area contributed by atoms with Gasteiger partial charge in [-0.1, -0.05) is 18.7 Å². The van der Waals surface area contributed by atoms with Crippen LogP contribution < -0.4 is 10.1 Å². The quantitative estimate of drug-likeness (QED) is 0.423. The Hall–Kier alpha value is -1.01. The Balaban J connectivity index is 2.58. The molecule has 0 unspecified atom stereocenters. The first-order valence-corrected chi connectivity index (χ1v) is 7.40. The molecule has 1 rings (SSSR count). The van der Waals surface area contributed by atoms with Crippen molar-refractivity contribution in [2.24, 2.45) is 0 Å². The van der Waals surface area contributed by atoms with Gasteiger partial charge in [-0.05, 0) is 19.6 Å². The third kappa shape index (κ3) is 5.55. The summed E-state index contributed by atoms with van der Waals surface area (Å²) in [4.78, 5) is 8.65. The molecule has 1 aromatic rings. The van der Waals surface area contributed by atoms with Gasteiger partial charge in [0.15, 0.2) is 5.16 Å². The molecule has 6 heteroatoms. The molecule has 5 nitrogen and oxygen atoms in total. The van der Waals surface area contributed by atoms with Crippen molar-refractivity contribution in [1.29, 1.82) is 0 Å². The fourth-order valence-corrected chi connectivity index (χ4v) is 1.63. The maximum Gasteiger partial charge on any atom is 0.219 e. The first-order valence-electron chi connectivity index (χ1n) is 6.17. The molecule has 0 aliphatic carbocycles. The van der Waals surface area contributed by atoms with E-state index < -0.39 is 0 Å². The minimum Gasteiger partial charge on any atom is -0.475 e. The second kappa shape index (κ2) is 8.99. The molecule has 0 aliphatic rings. The minimum atomic E-state index is 0.506. The van der Waals surface area contributed by atoms with E-state index in [4.69, 9.17) is 9.47 Å². The molecule has 0 aromatic carbocycles. The molecular formula is C12H21N3O2S. The minimum absolute atomic E-state index is 0.506. The average molecular weight is 271 g/mol. The number of aromatic nitrogens is 2. The van der Waals surface area contributed by atoms with Crippen LogP contribution in [0, 0.1) is 0 Å². The van der Waals surface area contributed by atoms with E-state index in [1.807, 2.05) is 19.2 Å². The van der Waals surface area contributed by atoms with Gasteiger partial charge in [-0.2, -0.15) is 4.98 Å². The highest BCUT2D eigenvalue weighted by molar-refractivity contribution is 7.98. The van der Waals surface area contributed by atoms with Crippen LogP contribution in [-0.2, 0) is 4.74 Å². The monoisotopic (exact) mass is 271 g/mol. The Kier molecular flexibility index (Phi) is 7.52. The summed E-state index contributed by atoms with van der Waals surface area (Å²) in [6, 6.07) is 1.82. The lowest BCUT2D eigenvalue weighted by Crippen LogP contribution is -2.09. The van der Waals surface area contributed by atoms with E-state index in [9.17, 15) is 0 Å². The maximum atomic E-state index is 5.54. The third-order valence-corrected chi connectivity index (χ3v) is 2.65. The molecule has 0 fully saturated rings. The highest BCUT2D eigenvalue weighted by atomic mass is 32.2. The molecule has 18 heavy (non-hydrogen) atoms. The lowest BCUT2D eigenvalue weighted by atomic mass is 10.4. The predicted octanol–water partition coefficient (Wildman–Crippen LogP) is 2.44. The van der Waals surface area contributed by atoms with E-state index in [0.29, 0.717) is 30.9 Å². The standard InChI is InChI=1S/C12H21N3O2S/c1-4-6-13-10-9-11(15-12(14-10)18-3)17-8-7-16-5-2/h9H,4-8H2,1-3H3,(H,13,14,15). The zero-order valence-corrected chi connectivity index (χ0v) is 12.0. The molecule has 1 heterocycles. The van der Waals surface area contributed by atoms with Gasteiger partial charge < -0.3 is 14.8 Å². The molecule has 0 aliphatic heterocycles. The van der Waals surface area contributed by atoms with Crippen molar-refractivity contribution in [3.8, 4) is 5.88 Å². The predicted molar refractivity (Wildman–Crippen MR) is 74.6 cm³/mol. The van der Waals surface area contributed by atoms with Crippen molar-refractivity contribution in [3.05, 3.63) is 6.07 Å². The van der Waals surface area contributed by atoms with Crippen molar-refractivity contribution in [2.75, 3.05) is 37.9 Å². The zero-order valence-electron chi connectivity index (χ0n) is 11.2. The fourth-order valence-electron chi connectivity index (χ4n) is 1.26. The molecule has 0 atom stereocenters. The number of ether oxygens (including phenoxy) is 2. The van der Waals surface area contributed by atoms with Crippen LogP contribution >= 0.6 is 11.8 Å². The molecule has 0 bridgehead atoms. The van der Waals surface area contributed by atoms with Gasteiger partial charge in [-0.3, -0.25) is 0 Å². The van der Waals surface area contributed by atoms with Crippen molar-refractivity contribution in [1.82, 2.24) is 9.97 Å². The molecule has 102 valence electrons. The number of anilines is 1. The molecule has 0 amide bonds. The Morgan fingerprint density at radius 2 is 2.11 bits per heavy atom. The number of hydrogen-bond acceptors (Lipinski definition) is 6. The summed E-state index contributed by atoms with van der Waals surface area (Å²) in [5, 5.41) is 3.95. The number of nitrogens with one attached hydrogen (secondary N) is 1. The van der Waals surface area contributed by atoms with Crippen molar-refractivity contribution in [2.45, 2.75) is 25.4 Å². The zero-order chi connectivity index (χ0) is 13.2. The van der Waals surface area contributed by atoms with Crippen LogP contribution in [0.2, 0.25) is 0 Å². The molecule has 1 aromatic heterocycles.